The first-order valence-corrected chi connectivity index (χ1v) is 15.1. The van der Waals surface area contributed by atoms with E-state index in [2.05, 4.69) is 36.0 Å². The molecule has 0 radical (unpaired) electrons. The van der Waals surface area contributed by atoms with Gasteiger partial charge in [0.05, 0.1) is 31.9 Å². The third-order valence-electron chi connectivity index (χ3n) is 7.42. The zero-order valence-corrected chi connectivity index (χ0v) is 23.3. The number of H-pyrrole nitrogens is 1. The SMILES string of the molecule is CCCOc1nc(NC2CCCC2)c2ccc(C3O[C@H](COC(CO)(Cc4nn[nH]n4)P(=O)(O)O)[C@@H](O)[C@H]3O)n2n1. The zero-order chi connectivity index (χ0) is 29.2. The third-order valence-corrected chi connectivity index (χ3v) is 8.91. The van der Waals surface area contributed by atoms with Crippen LogP contribution in [0.3, 0.4) is 0 Å². The van der Waals surface area contributed by atoms with Gasteiger partial charge in [-0.3, -0.25) is 4.57 Å². The van der Waals surface area contributed by atoms with Gasteiger partial charge >= 0.3 is 13.6 Å². The van der Waals surface area contributed by atoms with Crippen LogP contribution in [0.15, 0.2) is 12.1 Å². The molecule has 41 heavy (non-hydrogen) atoms. The van der Waals surface area contributed by atoms with E-state index in [4.69, 9.17) is 14.2 Å². The molecule has 2 unspecified atom stereocenters. The van der Waals surface area contributed by atoms with Gasteiger partial charge in [0.1, 0.15) is 29.9 Å². The van der Waals surface area contributed by atoms with Crippen molar-refractivity contribution in [3.8, 4) is 6.01 Å². The summed E-state index contributed by atoms with van der Waals surface area (Å²) >= 11 is 0. The molecule has 226 valence electrons. The molecule has 1 saturated carbocycles. The van der Waals surface area contributed by atoms with Gasteiger partial charge in [0, 0.05) is 6.04 Å². The molecule has 1 aliphatic heterocycles. The van der Waals surface area contributed by atoms with Crippen molar-refractivity contribution in [1.82, 2.24) is 35.2 Å². The molecule has 0 amide bonds. The predicted molar refractivity (Wildman–Crippen MR) is 140 cm³/mol. The highest BCUT2D eigenvalue weighted by atomic mass is 31.2. The molecule has 3 aromatic rings. The van der Waals surface area contributed by atoms with Crippen LogP contribution in [0.4, 0.5) is 5.82 Å². The fourth-order valence-corrected chi connectivity index (χ4v) is 5.91. The second-order valence-corrected chi connectivity index (χ2v) is 12.2. The summed E-state index contributed by atoms with van der Waals surface area (Å²) in [6.07, 6.45) is -0.742. The summed E-state index contributed by atoms with van der Waals surface area (Å²) in [4.78, 5) is 24.6. The van der Waals surface area contributed by atoms with Gasteiger partial charge in [0.2, 0.25) is 0 Å². The second kappa shape index (κ2) is 12.2. The van der Waals surface area contributed by atoms with Crippen LogP contribution in [0.2, 0.25) is 0 Å². The molecule has 3 aromatic heterocycles. The quantitative estimate of drug-likeness (QED) is 0.125. The minimum absolute atomic E-state index is 0.101. The van der Waals surface area contributed by atoms with Crippen LogP contribution in [-0.4, -0.2) is 110 Å². The normalized spacial score (nSPS) is 25.1. The Labute approximate surface area is 234 Å². The maximum absolute atomic E-state index is 12.4. The molecule has 5 rings (SSSR count). The number of aliphatic hydroxyl groups is 3. The highest BCUT2D eigenvalue weighted by molar-refractivity contribution is 7.53. The fourth-order valence-electron chi connectivity index (χ4n) is 5.14. The molecule has 1 aliphatic carbocycles. The van der Waals surface area contributed by atoms with Crippen LogP contribution < -0.4 is 10.1 Å². The Morgan fingerprint density at radius 2 is 2.02 bits per heavy atom. The van der Waals surface area contributed by atoms with Crippen LogP contribution in [0.25, 0.3) is 5.52 Å². The minimum Gasteiger partial charge on any atom is -0.462 e. The Bertz CT molecular complexity index is 1350. The molecule has 0 bridgehead atoms. The molecule has 7 N–H and O–H groups in total. The third kappa shape index (κ3) is 6.08. The van der Waals surface area contributed by atoms with E-state index in [0.29, 0.717) is 23.6 Å². The van der Waals surface area contributed by atoms with Gasteiger partial charge in [-0.15, -0.1) is 15.3 Å². The molecular weight excluding hydrogens is 563 g/mol. The number of tetrazole rings is 1. The van der Waals surface area contributed by atoms with Gasteiger partial charge < -0.3 is 44.6 Å². The van der Waals surface area contributed by atoms with E-state index in [-0.39, 0.29) is 17.9 Å². The number of hydrogen-bond donors (Lipinski definition) is 7. The Balaban J connectivity index is 1.39. The van der Waals surface area contributed by atoms with Crippen LogP contribution >= 0.6 is 7.60 Å². The van der Waals surface area contributed by atoms with E-state index in [1.165, 1.54) is 0 Å². The summed E-state index contributed by atoms with van der Waals surface area (Å²) in [7, 11) is -5.10. The number of aromatic nitrogens is 7. The molecule has 0 aromatic carbocycles. The molecule has 5 atom stereocenters. The van der Waals surface area contributed by atoms with Crippen molar-refractivity contribution in [2.24, 2.45) is 0 Å². The molecule has 2 aliphatic rings. The van der Waals surface area contributed by atoms with Gasteiger partial charge in [-0.1, -0.05) is 25.0 Å². The van der Waals surface area contributed by atoms with Crippen molar-refractivity contribution in [2.75, 3.05) is 25.1 Å². The van der Waals surface area contributed by atoms with E-state index in [1.54, 1.807) is 16.6 Å². The molecule has 0 spiro atoms. The van der Waals surface area contributed by atoms with Gasteiger partial charge in [0.25, 0.3) is 0 Å². The fraction of sp³-hybridized carbons (Fsp3) is 0.696. The Hall–Kier alpha value is -2.76. The number of ether oxygens (including phenoxy) is 3. The maximum atomic E-state index is 12.4. The van der Waals surface area contributed by atoms with Gasteiger partial charge in [-0.25, -0.2) is 4.52 Å². The van der Waals surface area contributed by atoms with Crippen molar-refractivity contribution >= 4 is 18.9 Å². The van der Waals surface area contributed by atoms with Crippen molar-refractivity contribution in [3.63, 3.8) is 0 Å². The number of aromatic amines is 1. The number of anilines is 1. The molecule has 18 heteroatoms. The zero-order valence-electron chi connectivity index (χ0n) is 22.4. The number of hydrogen-bond acceptors (Lipinski definition) is 13. The largest absolute Gasteiger partial charge is 0.462 e. The van der Waals surface area contributed by atoms with E-state index >= 15 is 0 Å². The lowest BCUT2D eigenvalue weighted by molar-refractivity contribution is -0.100. The lowest BCUT2D eigenvalue weighted by atomic mass is 10.1. The molecule has 1 saturated heterocycles. The topological polar surface area (TPSA) is 243 Å². The minimum atomic E-state index is -5.10. The highest BCUT2D eigenvalue weighted by Crippen LogP contribution is 2.53. The Morgan fingerprint density at radius 3 is 2.68 bits per heavy atom. The summed E-state index contributed by atoms with van der Waals surface area (Å²) in [5, 5.41) is 50.1. The maximum Gasteiger partial charge on any atom is 0.359 e. The van der Waals surface area contributed by atoms with Gasteiger partial charge in [0.15, 0.2) is 17.0 Å². The number of nitrogens with one attached hydrogen (secondary N) is 2. The van der Waals surface area contributed by atoms with E-state index in [0.717, 1.165) is 32.1 Å². The van der Waals surface area contributed by atoms with Crippen molar-refractivity contribution in [1.29, 1.82) is 0 Å². The molecular formula is C23H35N8O9P. The number of rotatable bonds is 13. The van der Waals surface area contributed by atoms with Crippen molar-refractivity contribution < 1.29 is 43.9 Å². The number of aliphatic hydroxyl groups excluding tert-OH is 3. The van der Waals surface area contributed by atoms with Crippen molar-refractivity contribution in [3.05, 3.63) is 23.7 Å². The van der Waals surface area contributed by atoms with Crippen LogP contribution in [0.1, 0.15) is 56.7 Å². The molecule has 4 heterocycles. The summed E-state index contributed by atoms with van der Waals surface area (Å²) in [6.45, 7) is 0.708. The Morgan fingerprint density at radius 1 is 1.24 bits per heavy atom. The average Bonchev–Trinajstić information content (AvgIpc) is 3.75. The van der Waals surface area contributed by atoms with E-state index < -0.39 is 57.0 Å². The van der Waals surface area contributed by atoms with Gasteiger partial charge in [-0.05, 0) is 31.4 Å². The first-order chi connectivity index (χ1) is 19.7. The van der Waals surface area contributed by atoms with Crippen molar-refractivity contribution in [2.45, 2.75) is 81.2 Å². The summed E-state index contributed by atoms with van der Waals surface area (Å²) in [6, 6.07) is 3.87. The van der Waals surface area contributed by atoms with Crippen LogP contribution in [0, 0.1) is 0 Å². The average molecular weight is 599 g/mol. The Kier molecular flexibility index (Phi) is 8.87. The smallest absolute Gasteiger partial charge is 0.359 e. The lowest BCUT2D eigenvalue weighted by Crippen LogP contribution is -2.43. The summed E-state index contributed by atoms with van der Waals surface area (Å²) < 4.78 is 31.1. The number of fused-ring (bicyclic) bond motifs is 1. The first kappa shape index (κ1) is 29.7. The highest BCUT2D eigenvalue weighted by Gasteiger charge is 2.52. The first-order valence-electron chi connectivity index (χ1n) is 13.5. The monoisotopic (exact) mass is 598 g/mol. The van der Waals surface area contributed by atoms with E-state index in [9.17, 15) is 29.7 Å². The van der Waals surface area contributed by atoms with Crippen LogP contribution in [-0.2, 0) is 20.5 Å². The molecule has 2 fully saturated rings. The summed E-state index contributed by atoms with van der Waals surface area (Å²) in [5.41, 5.74) is 1.03. The van der Waals surface area contributed by atoms with E-state index in [1.807, 2.05) is 6.92 Å². The number of nitrogens with zero attached hydrogens (tertiary/aromatic N) is 6. The van der Waals surface area contributed by atoms with Gasteiger partial charge in [-0.2, -0.15) is 10.2 Å². The van der Waals surface area contributed by atoms with Crippen LogP contribution in [0.5, 0.6) is 6.01 Å². The standard InChI is InChI=1S/C23H35N8O9P/c1-2-9-38-22-25-21(24-13-5-3-4-6-13)15-8-7-14(31(15)28-22)20-19(34)18(33)16(40-20)11-39-23(12-32,41(35,36)37)10-17-26-29-30-27-17/h7-8,13,16,18-20,32-34H,2-6,9-12H2,1H3,(H,24,25,28)(H2,35,36,37)(H,26,27,29,30)/t16-,18-,19-,20?,23?/m1/s1. The summed E-state index contributed by atoms with van der Waals surface area (Å²) in [5.74, 6) is 0.476. The predicted octanol–water partition coefficient (Wildman–Crippen LogP) is -0.327. The lowest BCUT2D eigenvalue weighted by Gasteiger charge is -2.32. The second-order valence-electron chi connectivity index (χ2n) is 10.3. The molecule has 17 nitrogen and oxygen atoms in total.